The Morgan fingerprint density at radius 1 is 1.11 bits per heavy atom. The lowest BCUT2D eigenvalue weighted by Gasteiger charge is -2.21. The first kappa shape index (κ1) is 19.1. The Kier molecular flexibility index (Phi) is 5.72. The van der Waals surface area contributed by atoms with Gasteiger partial charge in [-0.2, -0.15) is 0 Å². The highest BCUT2D eigenvalue weighted by Crippen LogP contribution is 2.30. The van der Waals surface area contributed by atoms with Crippen molar-refractivity contribution in [3.63, 3.8) is 0 Å². The summed E-state index contributed by atoms with van der Waals surface area (Å²) in [5.74, 6) is 2.83. The third-order valence-electron chi connectivity index (χ3n) is 5.68. The molecule has 2 aromatic rings. The van der Waals surface area contributed by atoms with E-state index in [-0.39, 0.29) is 5.91 Å². The quantitative estimate of drug-likeness (QED) is 0.757. The highest BCUT2D eigenvalue weighted by Gasteiger charge is 2.27. The van der Waals surface area contributed by atoms with Crippen LogP contribution in [0.3, 0.4) is 0 Å². The molecule has 1 aliphatic carbocycles. The van der Waals surface area contributed by atoms with E-state index in [2.05, 4.69) is 11.0 Å². The Labute approximate surface area is 167 Å². The fraction of sp³-hybridized carbons (Fsp3) is 0.522. The maximum Gasteiger partial charge on any atom is 0.289 e. The molecule has 0 atom stereocenters. The molecule has 2 aliphatic rings. The zero-order valence-electron chi connectivity index (χ0n) is 16.9. The lowest BCUT2D eigenvalue weighted by Crippen LogP contribution is -2.35. The van der Waals surface area contributed by atoms with Crippen molar-refractivity contribution in [3.05, 3.63) is 53.0 Å². The molecule has 150 valence electrons. The highest BCUT2D eigenvalue weighted by molar-refractivity contribution is 5.91. The first-order valence-electron chi connectivity index (χ1n) is 10.4. The van der Waals surface area contributed by atoms with E-state index >= 15 is 0 Å². The van der Waals surface area contributed by atoms with E-state index in [0.29, 0.717) is 18.1 Å². The summed E-state index contributed by atoms with van der Waals surface area (Å²) in [6, 6.07) is 9.76. The average molecular weight is 383 g/mol. The lowest BCUT2D eigenvalue weighted by molar-refractivity contribution is 0.0725. The van der Waals surface area contributed by atoms with Crippen LogP contribution in [-0.2, 0) is 6.61 Å². The molecule has 0 N–H and O–H groups in total. The van der Waals surface area contributed by atoms with Gasteiger partial charge in [-0.3, -0.25) is 4.79 Å². The van der Waals surface area contributed by atoms with Gasteiger partial charge in [0.1, 0.15) is 18.1 Å². The van der Waals surface area contributed by atoms with Gasteiger partial charge in [-0.1, -0.05) is 12.1 Å². The number of benzene rings is 1. The highest BCUT2D eigenvalue weighted by atomic mass is 16.5. The van der Waals surface area contributed by atoms with Crippen molar-refractivity contribution in [2.45, 2.75) is 39.7 Å². The number of ether oxygens (including phenoxy) is 1. The molecule has 0 bridgehead atoms. The second-order valence-electron chi connectivity index (χ2n) is 8.21. The molecule has 2 heterocycles. The van der Waals surface area contributed by atoms with Crippen LogP contribution >= 0.6 is 0 Å². The average Bonchev–Trinajstić information content (AvgIpc) is 3.43. The topological polar surface area (TPSA) is 45.9 Å². The number of carbonyl (C=O) groups is 1. The predicted molar refractivity (Wildman–Crippen MR) is 109 cm³/mol. The molecule has 5 heteroatoms. The van der Waals surface area contributed by atoms with Crippen molar-refractivity contribution in [3.8, 4) is 5.75 Å². The van der Waals surface area contributed by atoms with Crippen molar-refractivity contribution in [1.29, 1.82) is 0 Å². The number of rotatable bonds is 6. The molecular weight excluding hydrogens is 352 g/mol. The standard InChI is InChI=1S/C23H30N2O3/c1-17-4-5-18(2)22(14-17)27-16-20-8-9-21(28-20)23(26)25-11-3-10-24(12-13-25)15-19-6-7-19/h4-5,8-9,14,19H,3,6-7,10-13,15-16H2,1-2H3. The largest absolute Gasteiger partial charge is 0.485 e. The predicted octanol–water partition coefficient (Wildman–Crippen LogP) is 4.03. The molecule has 1 saturated heterocycles. The van der Waals surface area contributed by atoms with Gasteiger partial charge in [-0.15, -0.1) is 0 Å². The van der Waals surface area contributed by atoms with Gasteiger partial charge in [-0.05, 0) is 74.9 Å². The summed E-state index contributed by atoms with van der Waals surface area (Å²) in [6.07, 6.45) is 3.78. The van der Waals surface area contributed by atoms with E-state index in [0.717, 1.165) is 55.4 Å². The summed E-state index contributed by atoms with van der Waals surface area (Å²) in [4.78, 5) is 17.3. The van der Waals surface area contributed by atoms with Crippen LogP contribution in [-0.4, -0.2) is 48.4 Å². The molecule has 28 heavy (non-hydrogen) atoms. The molecule has 1 aromatic carbocycles. The fourth-order valence-electron chi connectivity index (χ4n) is 3.76. The zero-order chi connectivity index (χ0) is 19.5. The van der Waals surface area contributed by atoms with Crippen molar-refractivity contribution < 1.29 is 13.9 Å². The fourth-order valence-corrected chi connectivity index (χ4v) is 3.76. The van der Waals surface area contributed by atoms with Crippen molar-refractivity contribution in [1.82, 2.24) is 9.80 Å². The van der Waals surface area contributed by atoms with Gasteiger partial charge in [0.25, 0.3) is 5.91 Å². The Hall–Kier alpha value is -2.27. The third-order valence-corrected chi connectivity index (χ3v) is 5.68. The van der Waals surface area contributed by atoms with Gasteiger partial charge in [0, 0.05) is 26.2 Å². The van der Waals surface area contributed by atoms with E-state index in [1.54, 1.807) is 6.07 Å². The first-order valence-corrected chi connectivity index (χ1v) is 10.4. The van der Waals surface area contributed by atoms with Crippen LogP contribution in [0.25, 0.3) is 0 Å². The summed E-state index contributed by atoms with van der Waals surface area (Å²) in [7, 11) is 0. The minimum atomic E-state index is -0.00809. The summed E-state index contributed by atoms with van der Waals surface area (Å²) in [6.45, 7) is 9.23. The number of nitrogens with zero attached hydrogens (tertiary/aromatic N) is 2. The molecule has 1 saturated carbocycles. The van der Waals surface area contributed by atoms with E-state index in [4.69, 9.17) is 9.15 Å². The molecule has 0 radical (unpaired) electrons. The number of carbonyl (C=O) groups excluding carboxylic acids is 1. The van der Waals surface area contributed by atoms with E-state index in [1.807, 2.05) is 36.9 Å². The molecule has 1 amide bonds. The SMILES string of the molecule is Cc1ccc(C)c(OCc2ccc(C(=O)N3CCCN(CC4CC4)CC3)o2)c1. The third kappa shape index (κ3) is 4.76. The van der Waals surface area contributed by atoms with E-state index < -0.39 is 0 Å². The van der Waals surface area contributed by atoms with Crippen LogP contribution in [0.4, 0.5) is 0 Å². The van der Waals surface area contributed by atoms with Gasteiger partial charge < -0.3 is 19.0 Å². The second kappa shape index (κ2) is 8.39. The Morgan fingerprint density at radius 2 is 1.96 bits per heavy atom. The van der Waals surface area contributed by atoms with Gasteiger partial charge in [0.15, 0.2) is 5.76 Å². The summed E-state index contributed by atoms with van der Waals surface area (Å²) >= 11 is 0. The van der Waals surface area contributed by atoms with E-state index in [1.165, 1.54) is 19.4 Å². The van der Waals surface area contributed by atoms with Crippen LogP contribution in [0.2, 0.25) is 0 Å². The summed E-state index contributed by atoms with van der Waals surface area (Å²) in [5.41, 5.74) is 2.25. The molecule has 4 rings (SSSR count). The molecular formula is C23H30N2O3. The van der Waals surface area contributed by atoms with Gasteiger partial charge >= 0.3 is 0 Å². The van der Waals surface area contributed by atoms with Gasteiger partial charge in [0.05, 0.1) is 0 Å². The molecule has 1 aromatic heterocycles. The Balaban J connectivity index is 1.32. The first-order chi connectivity index (χ1) is 13.6. The van der Waals surface area contributed by atoms with Crippen molar-refractivity contribution in [2.24, 2.45) is 5.92 Å². The van der Waals surface area contributed by atoms with Crippen LogP contribution in [0.15, 0.2) is 34.7 Å². The molecule has 2 fully saturated rings. The minimum absolute atomic E-state index is 0.00809. The van der Waals surface area contributed by atoms with Gasteiger partial charge in [-0.25, -0.2) is 0 Å². The molecule has 0 spiro atoms. The van der Waals surface area contributed by atoms with Crippen LogP contribution in [0.5, 0.6) is 5.75 Å². The van der Waals surface area contributed by atoms with Crippen LogP contribution < -0.4 is 4.74 Å². The number of amides is 1. The minimum Gasteiger partial charge on any atom is -0.485 e. The lowest BCUT2D eigenvalue weighted by atomic mass is 10.1. The second-order valence-corrected chi connectivity index (χ2v) is 8.21. The molecule has 0 unspecified atom stereocenters. The maximum absolute atomic E-state index is 12.9. The summed E-state index contributed by atoms with van der Waals surface area (Å²) < 4.78 is 11.7. The Morgan fingerprint density at radius 3 is 2.79 bits per heavy atom. The normalized spacial score (nSPS) is 18.1. The van der Waals surface area contributed by atoms with E-state index in [9.17, 15) is 4.79 Å². The van der Waals surface area contributed by atoms with Crippen LogP contribution in [0.1, 0.15) is 46.7 Å². The zero-order valence-corrected chi connectivity index (χ0v) is 16.9. The van der Waals surface area contributed by atoms with Crippen molar-refractivity contribution in [2.75, 3.05) is 32.7 Å². The molecule has 1 aliphatic heterocycles. The number of hydrogen-bond acceptors (Lipinski definition) is 4. The smallest absolute Gasteiger partial charge is 0.289 e. The molecule has 5 nitrogen and oxygen atoms in total. The van der Waals surface area contributed by atoms with Crippen molar-refractivity contribution >= 4 is 5.91 Å². The monoisotopic (exact) mass is 382 g/mol. The summed E-state index contributed by atoms with van der Waals surface area (Å²) in [5, 5.41) is 0. The Bertz CT molecular complexity index is 825. The number of aryl methyl sites for hydroxylation is 2. The number of hydrogen-bond donors (Lipinski definition) is 0. The van der Waals surface area contributed by atoms with Gasteiger partial charge in [0.2, 0.25) is 0 Å². The van der Waals surface area contributed by atoms with Crippen LogP contribution in [0, 0.1) is 19.8 Å². The maximum atomic E-state index is 12.9. The number of furan rings is 1.